The summed E-state index contributed by atoms with van der Waals surface area (Å²) >= 11 is 6.12. The van der Waals surface area contributed by atoms with Gasteiger partial charge in [0.25, 0.3) is 0 Å². The molecule has 3 rings (SSSR count). The van der Waals surface area contributed by atoms with Crippen molar-refractivity contribution >= 4 is 23.2 Å². The van der Waals surface area contributed by atoms with Crippen LogP contribution in [0.5, 0.6) is 0 Å². The van der Waals surface area contributed by atoms with Gasteiger partial charge in [-0.1, -0.05) is 24.1 Å². The number of piperazine rings is 1. The van der Waals surface area contributed by atoms with E-state index < -0.39 is 0 Å². The van der Waals surface area contributed by atoms with Crippen molar-refractivity contribution < 1.29 is 4.79 Å². The Balaban J connectivity index is 1.55. The van der Waals surface area contributed by atoms with Gasteiger partial charge < -0.3 is 15.5 Å². The molecule has 0 spiro atoms. The maximum absolute atomic E-state index is 12.5. The summed E-state index contributed by atoms with van der Waals surface area (Å²) < 4.78 is 0. The van der Waals surface area contributed by atoms with Gasteiger partial charge in [0.2, 0.25) is 5.91 Å². The molecule has 4 nitrogen and oxygen atoms in total. The molecule has 2 aliphatic rings. The molecule has 1 aliphatic carbocycles. The van der Waals surface area contributed by atoms with E-state index in [0.717, 1.165) is 44.0 Å². The number of nitrogens with zero attached hydrogens (tertiary/aromatic N) is 2. The van der Waals surface area contributed by atoms with Crippen LogP contribution in [0.25, 0.3) is 0 Å². The predicted octanol–water partition coefficient (Wildman–Crippen LogP) is 2.81. The summed E-state index contributed by atoms with van der Waals surface area (Å²) in [6.07, 6.45) is 3.96. The molecule has 0 radical (unpaired) electrons. The van der Waals surface area contributed by atoms with Crippen LogP contribution in [-0.4, -0.2) is 43.0 Å². The molecule has 1 amide bonds. The molecule has 0 unspecified atom stereocenters. The predicted molar refractivity (Wildman–Crippen MR) is 94.9 cm³/mol. The smallest absolute Gasteiger partial charge is 0.223 e. The highest BCUT2D eigenvalue weighted by atomic mass is 35.5. The van der Waals surface area contributed by atoms with Crippen LogP contribution in [-0.2, 0) is 4.79 Å². The van der Waals surface area contributed by atoms with Crippen LogP contribution in [0, 0.1) is 12.8 Å². The summed E-state index contributed by atoms with van der Waals surface area (Å²) in [4.78, 5) is 16.8. The quantitative estimate of drug-likeness (QED) is 0.924. The Morgan fingerprint density at radius 1 is 1.26 bits per heavy atom. The highest BCUT2D eigenvalue weighted by Crippen LogP contribution is 2.28. The molecule has 0 aromatic heterocycles. The molecule has 23 heavy (non-hydrogen) atoms. The lowest BCUT2D eigenvalue weighted by atomic mass is 9.99. The minimum absolute atomic E-state index is 0.217. The molecule has 126 valence electrons. The lowest BCUT2D eigenvalue weighted by Gasteiger charge is -2.37. The van der Waals surface area contributed by atoms with E-state index in [1.165, 1.54) is 17.7 Å². The number of anilines is 1. The van der Waals surface area contributed by atoms with E-state index in [2.05, 4.69) is 17.9 Å². The monoisotopic (exact) mass is 335 g/mol. The summed E-state index contributed by atoms with van der Waals surface area (Å²) in [5.74, 6) is 0.658. The molecular weight excluding hydrogens is 310 g/mol. The van der Waals surface area contributed by atoms with Crippen molar-refractivity contribution in [3.05, 3.63) is 28.8 Å². The first kappa shape index (κ1) is 16.6. The molecule has 1 aromatic rings. The maximum Gasteiger partial charge on any atom is 0.223 e. The number of hydrogen-bond acceptors (Lipinski definition) is 3. The van der Waals surface area contributed by atoms with Gasteiger partial charge in [0.05, 0.1) is 0 Å². The first-order valence-corrected chi connectivity index (χ1v) is 8.97. The third kappa shape index (κ3) is 3.81. The van der Waals surface area contributed by atoms with Crippen LogP contribution < -0.4 is 10.6 Å². The number of hydrogen-bond donors (Lipinski definition) is 1. The van der Waals surface area contributed by atoms with Crippen molar-refractivity contribution in [1.29, 1.82) is 0 Å². The molecule has 1 saturated heterocycles. The van der Waals surface area contributed by atoms with Gasteiger partial charge in [-0.25, -0.2) is 0 Å². The average Bonchev–Trinajstić information content (AvgIpc) is 2.95. The number of benzene rings is 1. The zero-order valence-electron chi connectivity index (χ0n) is 13.8. The van der Waals surface area contributed by atoms with Crippen molar-refractivity contribution in [2.45, 2.75) is 38.6 Å². The summed E-state index contributed by atoms with van der Waals surface area (Å²) in [5, 5.41) is 0.763. The fourth-order valence-corrected chi connectivity index (χ4v) is 3.96. The molecule has 2 fully saturated rings. The van der Waals surface area contributed by atoms with Gasteiger partial charge >= 0.3 is 0 Å². The maximum atomic E-state index is 12.5. The number of carbonyl (C=O) groups excluding carboxylic acids is 1. The van der Waals surface area contributed by atoms with E-state index in [1.807, 2.05) is 17.0 Å². The first-order chi connectivity index (χ1) is 11.0. The van der Waals surface area contributed by atoms with Crippen LogP contribution in [0.1, 0.15) is 31.2 Å². The Bertz CT molecular complexity index is 569. The van der Waals surface area contributed by atoms with E-state index >= 15 is 0 Å². The van der Waals surface area contributed by atoms with Crippen LogP contribution in [0.2, 0.25) is 5.02 Å². The van der Waals surface area contributed by atoms with Gasteiger partial charge in [0, 0.05) is 49.4 Å². The standard InChI is InChI=1S/C18H26ClN3O/c1-13-5-6-15(19)12-17(13)21-7-9-22(10-8-21)18(23)11-14-3-2-4-16(14)20/h5-6,12,14,16H,2-4,7-11,20H2,1H3/t14-,16+/m0/s1. The van der Waals surface area contributed by atoms with Gasteiger partial charge in [-0.15, -0.1) is 0 Å². The normalized spacial score (nSPS) is 25.0. The summed E-state index contributed by atoms with van der Waals surface area (Å²) in [7, 11) is 0. The number of rotatable bonds is 3. The molecule has 0 bridgehead atoms. The molecular formula is C18H26ClN3O. The molecule has 2 N–H and O–H groups in total. The van der Waals surface area contributed by atoms with E-state index in [9.17, 15) is 4.79 Å². The topological polar surface area (TPSA) is 49.6 Å². The highest BCUT2D eigenvalue weighted by Gasteiger charge is 2.29. The summed E-state index contributed by atoms with van der Waals surface area (Å²) in [5.41, 5.74) is 8.50. The zero-order chi connectivity index (χ0) is 16.4. The average molecular weight is 336 g/mol. The fourth-order valence-electron chi connectivity index (χ4n) is 3.79. The van der Waals surface area contributed by atoms with Crippen LogP contribution in [0.15, 0.2) is 18.2 Å². The number of carbonyl (C=O) groups is 1. The second kappa shape index (κ2) is 7.10. The van der Waals surface area contributed by atoms with Crippen LogP contribution in [0.4, 0.5) is 5.69 Å². The minimum Gasteiger partial charge on any atom is -0.368 e. The Morgan fingerprint density at radius 2 is 2.00 bits per heavy atom. The lowest BCUT2D eigenvalue weighted by Crippen LogP contribution is -2.49. The molecule has 1 heterocycles. The van der Waals surface area contributed by atoms with Gasteiger partial charge in [-0.2, -0.15) is 0 Å². The number of halogens is 1. The Labute approximate surface area is 143 Å². The SMILES string of the molecule is Cc1ccc(Cl)cc1N1CCN(C(=O)C[C@@H]2CCC[C@H]2N)CC1. The van der Waals surface area contributed by atoms with Crippen molar-refractivity contribution in [1.82, 2.24) is 4.90 Å². The van der Waals surface area contributed by atoms with Crippen molar-refractivity contribution in [3.63, 3.8) is 0 Å². The molecule has 5 heteroatoms. The van der Waals surface area contributed by atoms with Gasteiger partial charge in [-0.3, -0.25) is 4.79 Å². The number of nitrogens with two attached hydrogens (primary N) is 1. The molecule has 2 atom stereocenters. The molecule has 1 aromatic carbocycles. The van der Waals surface area contributed by atoms with E-state index in [4.69, 9.17) is 17.3 Å². The third-order valence-electron chi connectivity index (χ3n) is 5.30. The second-order valence-electron chi connectivity index (χ2n) is 6.86. The fraction of sp³-hybridized carbons (Fsp3) is 0.611. The number of amides is 1. The number of aryl methyl sites for hydroxylation is 1. The Hall–Kier alpha value is -1.26. The van der Waals surface area contributed by atoms with Crippen molar-refractivity contribution in [2.24, 2.45) is 11.7 Å². The minimum atomic E-state index is 0.217. The summed E-state index contributed by atoms with van der Waals surface area (Å²) in [6, 6.07) is 6.21. The Kier molecular flexibility index (Phi) is 5.12. The van der Waals surface area contributed by atoms with E-state index in [0.29, 0.717) is 12.3 Å². The molecule has 1 aliphatic heterocycles. The highest BCUT2D eigenvalue weighted by molar-refractivity contribution is 6.30. The summed E-state index contributed by atoms with van der Waals surface area (Å²) in [6.45, 7) is 5.40. The third-order valence-corrected chi connectivity index (χ3v) is 5.53. The van der Waals surface area contributed by atoms with Crippen molar-refractivity contribution in [3.8, 4) is 0 Å². The van der Waals surface area contributed by atoms with Gasteiger partial charge in [0.1, 0.15) is 0 Å². The van der Waals surface area contributed by atoms with E-state index in [1.54, 1.807) is 0 Å². The van der Waals surface area contributed by atoms with E-state index in [-0.39, 0.29) is 11.9 Å². The van der Waals surface area contributed by atoms with Crippen LogP contribution >= 0.6 is 11.6 Å². The van der Waals surface area contributed by atoms with Crippen molar-refractivity contribution in [2.75, 3.05) is 31.1 Å². The van der Waals surface area contributed by atoms with Crippen LogP contribution in [0.3, 0.4) is 0 Å². The first-order valence-electron chi connectivity index (χ1n) is 8.59. The van der Waals surface area contributed by atoms with Gasteiger partial charge in [0.15, 0.2) is 0 Å². The molecule has 1 saturated carbocycles. The second-order valence-corrected chi connectivity index (χ2v) is 7.29. The lowest BCUT2D eigenvalue weighted by molar-refractivity contribution is -0.132. The largest absolute Gasteiger partial charge is 0.368 e. The van der Waals surface area contributed by atoms with Gasteiger partial charge in [-0.05, 0) is 43.4 Å². The zero-order valence-corrected chi connectivity index (χ0v) is 14.6. The Morgan fingerprint density at radius 3 is 2.65 bits per heavy atom.